The molecule has 1 aliphatic carbocycles. The summed E-state index contributed by atoms with van der Waals surface area (Å²) in [6.07, 6.45) is 2.23. The van der Waals surface area contributed by atoms with Crippen molar-refractivity contribution in [2.24, 2.45) is 0 Å². The molecule has 0 saturated carbocycles. The molecule has 1 heterocycles. The van der Waals surface area contributed by atoms with Crippen molar-refractivity contribution in [1.82, 2.24) is 10.2 Å². The fourth-order valence-electron chi connectivity index (χ4n) is 3.97. The standard InChI is InChI=1S/C21H20N2O4/c1-27-16-10-8-15(9-11-16)18(24)13-23-19(25)21(22-20(23)26)12-4-6-14-5-2-3-7-17(14)21/h2-3,5,7-11H,4,6,12-13H2,1H3,(H,22,26). The smallest absolute Gasteiger partial charge is 0.325 e. The van der Waals surface area contributed by atoms with Crippen LogP contribution in [0.1, 0.15) is 34.3 Å². The molecule has 6 nitrogen and oxygen atoms in total. The van der Waals surface area contributed by atoms with E-state index >= 15 is 0 Å². The molecule has 1 unspecified atom stereocenters. The molecular formula is C21H20N2O4. The molecule has 1 fully saturated rings. The van der Waals surface area contributed by atoms with Gasteiger partial charge in [0.1, 0.15) is 11.3 Å². The normalized spacial score (nSPS) is 21.1. The second-order valence-corrected chi connectivity index (χ2v) is 6.89. The Labute approximate surface area is 157 Å². The number of ketones is 1. The molecule has 1 N–H and O–H groups in total. The van der Waals surface area contributed by atoms with Crippen molar-refractivity contribution in [1.29, 1.82) is 0 Å². The number of amides is 3. The van der Waals surface area contributed by atoms with Gasteiger partial charge in [-0.3, -0.25) is 14.5 Å². The van der Waals surface area contributed by atoms with E-state index in [0.29, 0.717) is 17.7 Å². The zero-order valence-electron chi connectivity index (χ0n) is 15.0. The van der Waals surface area contributed by atoms with Gasteiger partial charge in [-0.2, -0.15) is 0 Å². The van der Waals surface area contributed by atoms with Crippen LogP contribution in [-0.4, -0.2) is 36.3 Å². The topological polar surface area (TPSA) is 75.7 Å². The highest BCUT2D eigenvalue weighted by Gasteiger charge is 2.54. The lowest BCUT2D eigenvalue weighted by Crippen LogP contribution is -2.46. The average Bonchev–Trinajstić information content (AvgIpc) is 2.93. The first-order valence-electron chi connectivity index (χ1n) is 8.95. The van der Waals surface area contributed by atoms with Crippen LogP contribution in [0, 0.1) is 0 Å². The second-order valence-electron chi connectivity index (χ2n) is 6.89. The number of benzene rings is 2. The van der Waals surface area contributed by atoms with Crippen molar-refractivity contribution in [3.05, 3.63) is 65.2 Å². The lowest BCUT2D eigenvalue weighted by Gasteiger charge is -2.33. The van der Waals surface area contributed by atoms with Gasteiger partial charge in [0.05, 0.1) is 13.7 Å². The van der Waals surface area contributed by atoms with Crippen molar-refractivity contribution in [3.63, 3.8) is 0 Å². The number of carbonyl (C=O) groups is 3. The van der Waals surface area contributed by atoms with E-state index < -0.39 is 11.6 Å². The Hall–Kier alpha value is -3.15. The minimum absolute atomic E-state index is 0.277. The Bertz CT molecular complexity index is 922. The summed E-state index contributed by atoms with van der Waals surface area (Å²) >= 11 is 0. The van der Waals surface area contributed by atoms with E-state index in [-0.39, 0.29) is 18.2 Å². The lowest BCUT2D eigenvalue weighted by atomic mass is 9.76. The molecule has 3 amide bonds. The van der Waals surface area contributed by atoms with E-state index in [2.05, 4.69) is 5.32 Å². The summed E-state index contributed by atoms with van der Waals surface area (Å²) in [7, 11) is 1.55. The van der Waals surface area contributed by atoms with Crippen molar-refractivity contribution in [2.45, 2.75) is 24.8 Å². The SMILES string of the molecule is COc1ccc(C(=O)CN2C(=O)NC3(CCCc4ccccc43)C2=O)cc1. The Balaban J connectivity index is 1.60. The van der Waals surface area contributed by atoms with Gasteiger partial charge in [0.2, 0.25) is 0 Å². The van der Waals surface area contributed by atoms with Crippen LogP contribution in [0.15, 0.2) is 48.5 Å². The summed E-state index contributed by atoms with van der Waals surface area (Å²) in [5, 5.41) is 2.87. The third kappa shape index (κ3) is 2.77. The zero-order chi connectivity index (χ0) is 19.0. The molecule has 27 heavy (non-hydrogen) atoms. The second kappa shape index (κ2) is 6.54. The first-order valence-corrected chi connectivity index (χ1v) is 8.95. The van der Waals surface area contributed by atoms with Crippen molar-refractivity contribution < 1.29 is 19.1 Å². The number of ether oxygens (including phenoxy) is 1. The predicted molar refractivity (Wildman–Crippen MR) is 98.6 cm³/mol. The monoisotopic (exact) mass is 364 g/mol. The van der Waals surface area contributed by atoms with E-state index in [9.17, 15) is 14.4 Å². The molecule has 0 radical (unpaired) electrons. The third-order valence-electron chi connectivity index (χ3n) is 5.36. The molecular weight excluding hydrogens is 344 g/mol. The molecule has 1 saturated heterocycles. The number of methoxy groups -OCH3 is 1. The first-order chi connectivity index (χ1) is 13.0. The number of nitrogens with one attached hydrogen (secondary N) is 1. The highest BCUT2D eigenvalue weighted by molar-refractivity contribution is 6.11. The summed E-state index contributed by atoms with van der Waals surface area (Å²) in [4.78, 5) is 39.4. The fraction of sp³-hybridized carbons (Fsp3) is 0.286. The van der Waals surface area contributed by atoms with Gasteiger partial charge in [-0.25, -0.2) is 4.79 Å². The molecule has 1 spiro atoms. The number of imide groups is 1. The Morgan fingerprint density at radius 1 is 1.15 bits per heavy atom. The van der Waals surface area contributed by atoms with Crippen LogP contribution in [0.3, 0.4) is 0 Å². The van der Waals surface area contributed by atoms with E-state index in [1.54, 1.807) is 31.4 Å². The Morgan fingerprint density at radius 3 is 2.63 bits per heavy atom. The molecule has 2 aromatic carbocycles. The zero-order valence-corrected chi connectivity index (χ0v) is 15.0. The summed E-state index contributed by atoms with van der Waals surface area (Å²) < 4.78 is 5.08. The van der Waals surface area contributed by atoms with Gasteiger partial charge in [0, 0.05) is 5.56 Å². The van der Waals surface area contributed by atoms with Crippen molar-refractivity contribution in [2.75, 3.05) is 13.7 Å². The third-order valence-corrected chi connectivity index (χ3v) is 5.36. The van der Waals surface area contributed by atoms with Crippen LogP contribution in [0.2, 0.25) is 0 Å². The van der Waals surface area contributed by atoms with Crippen LogP contribution < -0.4 is 10.1 Å². The average molecular weight is 364 g/mol. The maximum Gasteiger partial charge on any atom is 0.325 e. The molecule has 0 bridgehead atoms. The first kappa shape index (κ1) is 17.3. The fourth-order valence-corrected chi connectivity index (χ4v) is 3.97. The van der Waals surface area contributed by atoms with Crippen LogP contribution in [0.5, 0.6) is 5.75 Å². The number of hydrogen-bond acceptors (Lipinski definition) is 4. The van der Waals surface area contributed by atoms with Gasteiger partial charge in [-0.05, 0) is 54.7 Å². The maximum absolute atomic E-state index is 13.2. The van der Waals surface area contributed by atoms with E-state index in [1.807, 2.05) is 24.3 Å². The van der Waals surface area contributed by atoms with E-state index in [0.717, 1.165) is 28.9 Å². The van der Waals surface area contributed by atoms with Gasteiger partial charge in [0.15, 0.2) is 5.78 Å². The molecule has 1 atom stereocenters. The number of fused-ring (bicyclic) bond motifs is 2. The summed E-state index contributed by atoms with van der Waals surface area (Å²) in [6, 6.07) is 13.8. The number of hydrogen-bond donors (Lipinski definition) is 1. The number of aryl methyl sites for hydroxylation is 1. The number of nitrogens with zero attached hydrogens (tertiary/aromatic N) is 1. The maximum atomic E-state index is 13.2. The van der Waals surface area contributed by atoms with Crippen LogP contribution in [0.25, 0.3) is 0 Å². The van der Waals surface area contributed by atoms with Gasteiger partial charge in [-0.1, -0.05) is 24.3 Å². The number of Topliss-reactive ketones (excluding diaryl/α,β-unsaturated/α-hetero) is 1. The highest BCUT2D eigenvalue weighted by atomic mass is 16.5. The molecule has 2 aliphatic rings. The van der Waals surface area contributed by atoms with Crippen molar-refractivity contribution >= 4 is 17.7 Å². The van der Waals surface area contributed by atoms with E-state index in [4.69, 9.17) is 4.74 Å². The minimum Gasteiger partial charge on any atom is -0.497 e. The number of carbonyl (C=O) groups excluding carboxylic acids is 3. The van der Waals surface area contributed by atoms with Crippen molar-refractivity contribution in [3.8, 4) is 5.75 Å². The highest BCUT2D eigenvalue weighted by Crippen LogP contribution is 2.39. The Morgan fingerprint density at radius 2 is 1.89 bits per heavy atom. The van der Waals surface area contributed by atoms with Crippen LogP contribution in [-0.2, 0) is 16.8 Å². The summed E-state index contributed by atoms with van der Waals surface area (Å²) in [5.41, 5.74) is 1.29. The summed E-state index contributed by atoms with van der Waals surface area (Å²) in [6.45, 7) is -0.277. The quantitative estimate of drug-likeness (QED) is 0.668. The molecule has 6 heteroatoms. The largest absolute Gasteiger partial charge is 0.497 e. The van der Waals surface area contributed by atoms with Gasteiger partial charge < -0.3 is 10.1 Å². The van der Waals surface area contributed by atoms with Gasteiger partial charge >= 0.3 is 6.03 Å². The Kier molecular flexibility index (Phi) is 4.18. The van der Waals surface area contributed by atoms with Crippen LogP contribution >= 0.6 is 0 Å². The van der Waals surface area contributed by atoms with Gasteiger partial charge in [0.25, 0.3) is 5.91 Å². The molecule has 138 valence electrons. The molecule has 1 aliphatic heterocycles. The predicted octanol–water partition coefficient (Wildman–Crippen LogP) is 2.66. The minimum atomic E-state index is -1.05. The molecule has 2 aromatic rings. The van der Waals surface area contributed by atoms with E-state index in [1.165, 1.54) is 0 Å². The summed E-state index contributed by atoms with van der Waals surface area (Å²) in [5.74, 6) is 0.00289. The molecule has 0 aromatic heterocycles. The van der Waals surface area contributed by atoms with Gasteiger partial charge in [-0.15, -0.1) is 0 Å². The van der Waals surface area contributed by atoms with Crippen LogP contribution in [0.4, 0.5) is 4.79 Å². The number of rotatable bonds is 4. The molecule has 4 rings (SSSR count). The lowest BCUT2D eigenvalue weighted by molar-refractivity contribution is -0.131. The number of urea groups is 1.